The summed E-state index contributed by atoms with van der Waals surface area (Å²) in [7, 11) is 0. The lowest BCUT2D eigenvalue weighted by Gasteiger charge is -2.15. The summed E-state index contributed by atoms with van der Waals surface area (Å²) >= 11 is 0. The van der Waals surface area contributed by atoms with Gasteiger partial charge in [-0.1, -0.05) is 101 Å². The van der Waals surface area contributed by atoms with Crippen LogP contribution < -0.4 is 37.9 Å². The number of hydrogen-bond acceptors (Lipinski definition) is 16. The van der Waals surface area contributed by atoms with Crippen molar-refractivity contribution in [2.24, 2.45) is 0 Å². The van der Waals surface area contributed by atoms with Gasteiger partial charge in [-0.2, -0.15) is 0 Å². The minimum atomic E-state index is -0.716. The molecule has 0 saturated carbocycles. The smallest absolute Gasteiger partial charge is 0.338 e. The Bertz CT molecular complexity index is 4850. The molecule has 0 aliphatic heterocycles. The molecule has 4 aliphatic rings. The summed E-state index contributed by atoms with van der Waals surface area (Å²) in [5.41, 5.74) is 17.7. The predicted octanol–water partition coefficient (Wildman–Crippen LogP) is 18.2. The molecule has 0 aromatic heterocycles. The largest absolute Gasteiger partial charge is 0.423 e. The standard InChI is InChI=1S/C23H22O4.2C22H19FO4.C22H20O4/c1-5-22(24)26-20-11-9-16(13-15(20)4)17-10-12-21(27-23(25)14(2)3)19-8-6-7-18(17)19;1-4-21(24)26-20-10-8-14(12-18(20)23)15-9-11-19(27-22(25)13(2)3)17-7-5-6-16(15)17;1-4-21(24)26-14-8-9-17(19(23)12-14)16-10-11-20(27-22(25)13(2)3)18-7-5-6-15(16)18;1-4-21(23)25-16-10-8-15(9-11-16)17-12-13-20(26-22(24)14(2)3)19-7-5-6-18(17)19/h5,9-13H,1-2,6-8H2,3-4H3;2*4,8-12H,1-2,5-7H2,3H3;4,8-13H,1-2,5-7H2,3H3. The maximum atomic E-state index is 14.7. The second-order valence-electron chi connectivity index (χ2n) is 25.7. The Morgan fingerprint density at radius 2 is 0.589 bits per heavy atom. The summed E-state index contributed by atoms with van der Waals surface area (Å²) in [5, 5.41) is 0. The molecule has 0 heterocycles. The third-order valence-electron chi connectivity index (χ3n) is 17.8. The molecule has 8 aromatic rings. The number of aryl methyl sites for hydroxylation is 1. The Morgan fingerprint density at radius 1 is 0.299 bits per heavy atom. The van der Waals surface area contributed by atoms with Crippen molar-refractivity contribution >= 4 is 47.8 Å². The van der Waals surface area contributed by atoms with Gasteiger partial charge >= 0.3 is 47.8 Å². The van der Waals surface area contributed by atoms with Gasteiger partial charge in [0.25, 0.3) is 0 Å². The molecule has 0 spiro atoms. The molecule has 16 nitrogen and oxygen atoms in total. The second kappa shape index (κ2) is 35.7. The van der Waals surface area contributed by atoms with Gasteiger partial charge in [-0.15, -0.1) is 0 Å². The SMILES string of the molecule is C=CC(=O)Oc1ccc(-c2ccc(OC(=O)C(=C)C)c3c2CCC3)c(F)c1.C=CC(=O)Oc1ccc(-c2ccc(OC(=O)C(=C)C)c3c2CCC3)cc1.C=CC(=O)Oc1ccc(-c2ccc(OC(=O)C(=C)C)c3c2CCC3)cc1C.C=CC(=O)Oc1ccc(-c2ccc(OC(=O)C(=C)C)c3c2CCC3)cc1F. The van der Waals surface area contributed by atoms with Crippen LogP contribution in [0.2, 0.25) is 0 Å². The molecular formula is C89H80F2O16. The lowest BCUT2D eigenvalue weighted by Crippen LogP contribution is -2.10. The maximum absolute atomic E-state index is 14.7. The van der Waals surface area contributed by atoms with E-state index in [9.17, 15) is 47.1 Å². The maximum Gasteiger partial charge on any atom is 0.338 e. The molecule has 8 aromatic carbocycles. The summed E-state index contributed by atoms with van der Waals surface area (Å²) in [5.74, 6) is -1.97. The number of esters is 8. The highest BCUT2D eigenvalue weighted by Crippen LogP contribution is 2.44. The van der Waals surface area contributed by atoms with E-state index in [0.29, 0.717) is 67.9 Å². The normalized spacial score (nSPS) is 12.2. The zero-order valence-corrected chi connectivity index (χ0v) is 60.4. The van der Waals surface area contributed by atoms with Crippen LogP contribution in [0.1, 0.15) is 103 Å². The molecule has 4 aliphatic carbocycles. The average molecular weight is 1440 g/mol. The summed E-state index contributed by atoms with van der Waals surface area (Å²) in [4.78, 5) is 92.6. The molecule has 0 radical (unpaired) electrons. The number of hydrogen-bond donors (Lipinski definition) is 0. The highest BCUT2D eigenvalue weighted by Gasteiger charge is 2.28. The summed E-state index contributed by atoms with van der Waals surface area (Å²) < 4.78 is 71.0. The summed E-state index contributed by atoms with van der Waals surface area (Å²) in [6.07, 6.45) is 15.0. The van der Waals surface area contributed by atoms with Gasteiger partial charge < -0.3 is 37.9 Å². The number of rotatable bonds is 20. The lowest BCUT2D eigenvalue weighted by atomic mass is 9.95. The van der Waals surface area contributed by atoms with E-state index in [-0.39, 0.29) is 11.5 Å². The molecule has 107 heavy (non-hydrogen) atoms. The van der Waals surface area contributed by atoms with E-state index in [2.05, 4.69) is 52.6 Å². The van der Waals surface area contributed by atoms with Crippen molar-refractivity contribution in [3.8, 4) is 90.5 Å². The van der Waals surface area contributed by atoms with E-state index >= 15 is 0 Å². The number of carbonyl (C=O) groups is 8. The Kier molecular flexibility index (Phi) is 26.1. The van der Waals surface area contributed by atoms with Crippen molar-refractivity contribution in [2.75, 3.05) is 0 Å². The molecule has 18 heteroatoms. The molecule has 0 N–H and O–H groups in total. The van der Waals surface area contributed by atoms with Gasteiger partial charge in [0, 0.05) is 58.2 Å². The lowest BCUT2D eigenvalue weighted by molar-refractivity contribution is -0.131. The van der Waals surface area contributed by atoms with Crippen molar-refractivity contribution in [1.29, 1.82) is 0 Å². The highest BCUT2D eigenvalue weighted by molar-refractivity contribution is 5.92. The van der Waals surface area contributed by atoms with E-state index in [1.165, 1.54) is 35.4 Å². The Labute approximate surface area is 620 Å². The third-order valence-corrected chi connectivity index (χ3v) is 17.8. The van der Waals surface area contributed by atoms with Crippen LogP contribution in [-0.2, 0) is 89.7 Å². The Balaban J connectivity index is 0.000000165. The first-order valence-corrected chi connectivity index (χ1v) is 34.5. The second-order valence-corrected chi connectivity index (χ2v) is 25.7. The topological polar surface area (TPSA) is 210 Å². The Morgan fingerprint density at radius 3 is 0.953 bits per heavy atom. The molecule has 0 atom stereocenters. The fourth-order valence-electron chi connectivity index (χ4n) is 12.7. The summed E-state index contributed by atoms with van der Waals surface area (Å²) in [6, 6.07) is 36.4. The zero-order chi connectivity index (χ0) is 77.3. The van der Waals surface area contributed by atoms with Crippen LogP contribution in [0.4, 0.5) is 8.78 Å². The average Bonchev–Trinajstić information content (AvgIpc) is 1.68. The van der Waals surface area contributed by atoms with Crippen LogP contribution in [0.25, 0.3) is 44.5 Å². The van der Waals surface area contributed by atoms with E-state index < -0.39 is 59.4 Å². The fourth-order valence-corrected chi connectivity index (χ4v) is 12.7. The van der Waals surface area contributed by atoms with Crippen molar-refractivity contribution < 1.29 is 85.0 Å². The first-order valence-electron chi connectivity index (χ1n) is 34.5. The van der Waals surface area contributed by atoms with Crippen molar-refractivity contribution in [2.45, 2.75) is 112 Å². The van der Waals surface area contributed by atoms with Crippen molar-refractivity contribution in [3.63, 3.8) is 0 Å². The zero-order valence-electron chi connectivity index (χ0n) is 60.4. The first kappa shape index (κ1) is 78.4. The van der Waals surface area contributed by atoms with Gasteiger partial charge in [0.05, 0.1) is 0 Å². The molecule has 0 amide bonds. The monoisotopic (exact) mass is 1440 g/mol. The van der Waals surface area contributed by atoms with Gasteiger partial charge in [0.1, 0.15) is 46.1 Å². The number of halogens is 2. The van der Waals surface area contributed by atoms with Gasteiger partial charge in [-0.05, 0) is 273 Å². The van der Waals surface area contributed by atoms with E-state index in [4.69, 9.17) is 37.9 Å². The fraction of sp³-hybridized carbons (Fsp3) is 0.191. The number of carbonyl (C=O) groups excluding carboxylic acids is 8. The molecular weight excluding hydrogens is 1360 g/mol. The van der Waals surface area contributed by atoms with Crippen LogP contribution in [-0.4, -0.2) is 47.8 Å². The molecule has 0 fully saturated rings. The van der Waals surface area contributed by atoms with Crippen LogP contribution in [0.15, 0.2) is 227 Å². The van der Waals surface area contributed by atoms with Crippen LogP contribution in [0, 0.1) is 18.6 Å². The minimum absolute atomic E-state index is 0.116. The third kappa shape index (κ3) is 19.4. The van der Waals surface area contributed by atoms with E-state index in [0.717, 1.165) is 174 Å². The first-order chi connectivity index (χ1) is 51.2. The summed E-state index contributed by atoms with van der Waals surface area (Å²) in [6.45, 7) is 36.2. The van der Waals surface area contributed by atoms with Crippen LogP contribution in [0.5, 0.6) is 46.0 Å². The number of fused-ring (bicyclic) bond motifs is 4. The predicted molar refractivity (Wildman–Crippen MR) is 405 cm³/mol. The van der Waals surface area contributed by atoms with Gasteiger partial charge in [0.15, 0.2) is 11.6 Å². The molecule has 0 unspecified atom stereocenters. The minimum Gasteiger partial charge on any atom is -0.423 e. The molecule has 546 valence electrons. The Hall–Kier alpha value is -12.7. The molecule has 0 bridgehead atoms. The molecule has 0 saturated heterocycles. The van der Waals surface area contributed by atoms with Gasteiger partial charge in [-0.25, -0.2) is 47.1 Å². The number of benzene rings is 8. The highest BCUT2D eigenvalue weighted by atomic mass is 19.1. The van der Waals surface area contributed by atoms with Crippen LogP contribution >= 0.6 is 0 Å². The number of ether oxygens (including phenoxy) is 8. The van der Waals surface area contributed by atoms with Crippen molar-refractivity contribution in [3.05, 3.63) is 288 Å². The quantitative estimate of drug-likeness (QED) is 0.0394. The van der Waals surface area contributed by atoms with Gasteiger partial charge in [0.2, 0.25) is 0 Å². The van der Waals surface area contributed by atoms with E-state index in [1.807, 2.05) is 61.5 Å². The van der Waals surface area contributed by atoms with Crippen LogP contribution in [0.3, 0.4) is 0 Å². The molecule has 12 rings (SSSR count). The van der Waals surface area contributed by atoms with Crippen molar-refractivity contribution in [1.82, 2.24) is 0 Å². The van der Waals surface area contributed by atoms with E-state index in [1.54, 1.807) is 76.2 Å². The van der Waals surface area contributed by atoms with Gasteiger partial charge in [-0.3, -0.25) is 0 Å².